The minimum atomic E-state index is -0.473. The second kappa shape index (κ2) is 4.56. The van der Waals surface area contributed by atoms with Gasteiger partial charge >= 0.3 is 6.09 Å². The number of halogens is 3. The second-order valence-corrected chi connectivity index (χ2v) is 4.21. The molecule has 0 N–H and O–H groups in total. The molecule has 1 aromatic heterocycles. The number of carbonyl (C=O) groups is 1. The maximum Gasteiger partial charge on any atom is 0.421 e. The van der Waals surface area contributed by atoms with Crippen LogP contribution in [0.2, 0.25) is 0 Å². The molecule has 7 heteroatoms. The standard InChI is InChI=1S/C6H5Br3N2O2/c1-2-13-6(12)11-4(8)3(7)10-5(11)9/h2H2,1H3. The molecule has 0 aliphatic carbocycles. The summed E-state index contributed by atoms with van der Waals surface area (Å²) in [6.07, 6.45) is -0.473. The lowest BCUT2D eigenvalue weighted by molar-refractivity contribution is 0.152. The van der Waals surface area contributed by atoms with Crippen LogP contribution in [0.1, 0.15) is 6.92 Å². The van der Waals surface area contributed by atoms with Gasteiger partial charge in [0.25, 0.3) is 0 Å². The Morgan fingerprint density at radius 1 is 1.54 bits per heavy atom. The van der Waals surface area contributed by atoms with Crippen molar-refractivity contribution in [3.05, 3.63) is 13.9 Å². The molecule has 72 valence electrons. The molecule has 0 saturated carbocycles. The van der Waals surface area contributed by atoms with Crippen LogP contribution in [0.25, 0.3) is 0 Å². The van der Waals surface area contributed by atoms with Crippen LogP contribution < -0.4 is 0 Å². The summed E-state index contributed by atoms with van der Waals surface area (Å²) in [7, 11) is 0. The largest absolute Gasteiger partial charge is 0.449 e. The number of hydrogen-bond acceptors (Lipinski definition) is 3. The molecule has 0 amide bonds. The molecular weight excluding hydrogens is 372 g/mol. The third-order valence-corrected chi connectivity index (χ3v) is 3.54. The highest BCUT2D eigenvalue weighted by Gasteiger charge is 2.17. The first-order chi connectivity index (χ1) is 6.07. The molecule has 0 bridgehead atoms. The normalized spacial score (nSPS) is 10.2. The van der Waals surface area contributed by atoms with Crippen molar-refractivity contribution in [1.29, 1.82) is 0 Å². The van der Waals surface area contributed by atoms with Gasteiger partial charge in [-0.05, 0) is 54.7 Å². The fraction of sp³-hybridized carbons (Fsp3) is 0.333. The van der Waals surface area contributed by atoms with Crippen molar-refractivity contribution in [1.82, 2.24) is 9.55 Å². The number of rotatable bonds is 1. The maximum absolute atomic E-state index is 11.3. The van der Waals surface area contributed by atoms with Gasteiger partial charge < -0.3 is 4.74 Å². The quantitative estimate of drug-likeness (QED) is 0.756. The van der Waals surface area contributed by atoms with Crippen molar-refractivity contribution in [2.45, 2.75) is 6.92 Å². The van der Waals surface area contributed by atoms with Crippen LogP contribution in [0.3, 0.4) is 0 Å². The molecule has 0 fully saturated rings. The van der Waals surface area contributed by atoms with Crippen molar-refractivity contribution in [2.75, 3.05) is 6.61 Å². The molecule has 1 aromatic rings. The van der Waals surface area contributed by atoms with E-state index in [2.05, 4.69) is 52.8 Å². The first-order valence-corrected chi connectivity index (χ1v) is 5.72. The number of ether oxygens (including phenoxy) is 1. The minimum absolute atomic E-state index is 0.327. The van der Waals surface area contributed by atoms with Crippen LogP contribution in [-0.4, -0.2) is 22.3 Å². The molecule has 13 heavy (non-hydrogen) atoms. The van der Waals surface area contributed by atoms with E-state index >= 15 is 0 Å². The summed E-state index contributed by atoms with van der Waals surface area (Å²) in [6.45, 7) is 2.07. The van der Waals surface area contributed by atoms with Crippen LogP contribution in [0.4, 0.5) is 4.79 Å². The van der Waals surface area contributed by atoms with Crippen LogP contribution in [0, 0.1) is 0 Å². The van der Waals surface area contributed by atoms with E-state index in [1.54, 1.807) is 6.92 Å². The fourth-order valence-electron chi connectivity index (χ4n) is 0.694. The Labute approximate surface area is 100 Å². The third kappa shape index (κ3) is 2.32. The molecule has 0 aliphatic heterocycles. The van der Waals surface area contributed by atoms with Crippen molar-refractivity contribution < 1.29 is 9.53 Å². The lowest BCUT2D eigenvalue weighted by Gasteiger charge is -2.03. The molecule has 1 heterocycles. The molecule has 0 radical (unpaired) electrons. The molecule has 0 spiro atoms. The summed E-state index contributed by atoms with van der Waals surface area (Å²) < 4.78 is 7.55. The van der Waals surface area contributed by atoms with E-state index in [9.17, 15) is 4.79 Å². The summed E-state index contributed by atoms with van der Waals surface area (Å²) in [4.78, 5) is 15.3. The topological polar surface area (TPSA) is 44.1 Å². The Morgan fingerprint density at radius 3 is 2.54 bits per heavy atom. The summed E-state index contributed by atoms with van der Waals surface area (Å²) in [6, 6.07) is 0. The molecule has 0 unspecified atom stereocenters. The Kier molecular flexibility index (Phi) is 3.93. The summed E-state index contributed by atoms with van der Waals surface area (Å²) >= 11 is 9.49. The van der Waals surface area contributed by atoms with Crippen molar-refractivity contribution in [2.24, 2.45) is 0 Å². The predicted octanol–water partition coefficient (Wildman–Crippen LogP) is 3.18. The van der Waals surface area contributed by atoms with Gasteiger partial charge in [0.15, 0.2) is 4.73 Å². The second-order valence-electron chi connectivity index (χ2n) is 2.00. The Hall–Kier alpha value is 0.120. The van der Waals surface area contributed by atoms with Crippen molar-refractivity contribution in [3.63, 3.8) is 0 Å². The van der Waals surface area contributed by atoms with E-state index < -0.39 is 6.09 Å². The molecule has 0 aromatic carbocycles. The number of imidazole rings is 1. The first-order valence-electron chi connectivity index (χ1n) is 3.34. The summed E-state index contributed by atoms with van der Waals surface area (Å²) in [5, 5.41) is 0. The number of carbonyl (C=O) groups excluding carboxylic acids is 1. The number of nitrogens with zero attached hydrogens (tertiary/aromatic N) is 2. The Morgan fingerprint density at radius 2 is 2.15 bits per heavy atom. The SMILES string of the molecule is CCOC(=O)n1c(Br)nc(Br)c1Br. The van der Waals surface area contributed by atoms with E-state index in [0.717, 1.165) is 0 Å². The molecule has 0 saturated heterocycles. The van der Waals surface area contributed by atoms with Gasteiger partial charge in [0.1, 0.15) is 9.21 Å². The maximum atomic E-state index is 11.3. The molecular formula is C6H5Br3N2O2. The lowest BCUT2D eigenvalue weighted by Crippen LogP contribution is -2.13. The lowest BCUT2D eigenvalue weighted by atomic mass is 10.8. The Bertz CT molecular complexity index is 337. The van der Waals surface area contributed by atoms with Gasteiger partial charge in [0.05, 0.1) is 6.61 Å². The zero-order valence-electron chi connectivity index (χ0n) is 6.55. The van der Waals surface area contributed by atoms with Crippen LogP contribution >= 0.6 is 47.8 Å². The molecule has 4 nitrogen and oxygen atoms in total. The number of hydrogen-bond donors (Lipinski definition) is 0. The van der Waals surface area contributed by atoms with E-state index in [-0.39, 0.29) is 0 Å². The molecule has 1 rings (SSSR count). The monoisotopic (exact) mass is 374 g/mol. The smallest absolute Gasteiger partial charge is 0.421 e. The van der Waals surface area contributed by atoms with E-state index in [0.29, 0.717) is 20.5 Å². The van der Waals surface area contributed by atoms with Crippen LogP contribution in [0.15, 0.2) is 13.9 Å². The molecule has 0 atom stereocenters. The van der Waals surface area contributed by atoms with Crippen LogP contribution in [0.5, 0.6) is 0 Å². The van der Waals surface area contributed by atoms with E-state index in [1.807, 2.05) is 0 Å². The third-order valence-electron chi connectivity index (χ3n) is 1.19. The fourth-order valence-corrected chi connectivity index (χ4v) is 2.42. The van der Waals surface area contributed by atoms with Gasteiger partial charge in [-0.1, -0.05) is 0 Å². The van der Waals surface area contributed by atoms with Crippen molar-refractivity contribution >= 4 is 53.9 Å². The summed E-state index contributed by atoms with van der Waals surface area (Å²) in [5.41, 5.74) is 0. The highest BCUT2D eigenvalue weighted by Crippen LogP contribution is 2.26. The van der Waals surface area contributed by atoms with E-state index in [4.69, 9.17) is 4.74 Å². The van der Waals surface area contributed by atoms with Crippen LogP contribution in [-0.2, 0) is 4.74 Å². The predicted molar refractivity (Wildman–Crippen MR) is 57.7 cm³/mol. The average molecular weight is 377 g/mol. The van der Waals surface area contributed by atoms with Gasteiger partial charge in [-0.15, -0.1) is 0 Å². The average Bonchev–Trinajstić information content (AvgIpc) is 2.27. The van der Waals surface area contributed by atoms with Gasteiger partial charge in [-0.3, -0.25) is 0 Å². The van der Waals surface area contributed by atoms with Gasteiger partial charge in [0, 0.05) is 0 Å². The minimum Gasteiger partial charge on any atom is -0.449 e. The highest BCUT2D eigenvalue weighted by atomic mass is 79.9. The van der Waals surface area contributed by atoms with Crippen molar-refractivity contribution in [3.8, 4) is 0 Å². The highest BCUT2D eigenvalue weighted by molar-refractivity contribution is 9.13. The van der Waals surface area contributed by atoms with Gasteiger partial charge in [-0.25, -0.2) is 14.3 Å². The zero-order valence-corrected chi connectivity index (χ0v) is 11.3. The molecule has 0 aliphatic rings. The Balaban J connectivity index is 3.06. The van der Waals surface area contributed by atoms with Gasteiger partial charge in [0.2, 0.25) is 0 Å². The first kappa shape index (κ1) is 11.2. The summed E-state index contributed by atoms with van der Waals surface area (Å²) in [5.74, 6) is 0. The zero-order chi connectivity index (χ0) is 10.0. The van der Waals surface area contributed by atoms with E-state index in [1.165, 1.54) is 4.57 Å². The van der Waals surface area contributed by atoms with Gasteiger partial charge in [-0.2, -0.15) is 0 Å². The number of aromatic nitrogens is 2.